The Balaban J connectivity index is 1.84. The maximum atomic E-state index is 13.1. The van der Waals surface area contributed by atoms with E-state index in [4.69, 9.17) is 16.3 Å². The Labute approximate surface area is 196 Å². The second kappa shape index (κ2) is 10.3. The Bertz CT molecular complexity index is 1190. The maximum absolute atomic E-state index is 13.1. The summed E-state index contributed by atoms with van der Waals surface area (Å²) in [7, 11) is 0. The van der Waals surface area contributed by atoms with Crippen LogP contribution in [-0.4, -0.2) is 33.6 Å². The standard InChI is InChI=1S/C24H25ClN4O4/c1-24(2,3)33-23(32)29-19(12-15-5-4-6-18(25)11-15)22(31)28-20-13-17(14-27-21(20)30)16-7-9-26-10-8-16/h4-11,13-14,19H,12H2,1-3H3,(H,27,30)(H,28,31)(H,29,32). The number of anilines is 1. The van der Waals surface area contributed by atoms with E-state index >= 15 is 0 Å². The summed E-state index contributed by atoms with van der Waals surface area (Å²) in [5.41, 5.74) is 1.09. The summed E-state index contributed by atoms with van der Waals surface area (Å²) in [5.74, 6) is -0.571. The fourth-order valence-electron chi connectivity index (χ4n) is 3.07. The van der Waals surface area contributed by atoms with E-state index in [0.29, 0.717) is 10.6 Å². The van der Waals surface area contributed by atoms with E-state index in [1.54, 1.807) is 81.8 Å². The molecule has 2 amide bonds. The number of amides is 2. The molecule has 2 heterocycles. The first-order valence-electron chi connectivity index (χ1n) is 10.3. The van der Waals surface area contributed by atoms with Gasteiger partial charge in [-0.2, -0.15) is 0 Å². The molecule has 1 aromatic carbocycles. The van der Waals surface area contributed by atoms with Crippen LogP contribution in [0.15, 0.2) is 65.8 Å². The summed E-state index contributed by atoms with van der Waals surface area (Å²) in [4.78, 5) is 44.5. The number of nitrogens with one attached hydrogen (secondary N) is 3. The van der Waals surface area contributed by atoms with Gasteiger partial charge in [0.25, 0.3) is 5.56 Å². The fourth-order valence-corrected chi connectivity index (χ4v) is 3.28. The maximum Gasteiger partial charge on any atom is 0.408 e. The Morgan fingerprint density at radius 3 is 2.52 bits per heavy atom. The number of rotatable bonds is 6. The van der Waals surface area contributed by atoms with Gasteiger partial charge in [0, 0.05) is 35.6 Å². The molecule has 33 heavy (non-hydrogen) atoms. The number of hydrogen-bond acceptors (Lipinski definition) is 5. The number of benzene rings is 1. The minimum absolute atomic E-state index is 0.0522. The third kappa shape index (κ3) is 7.18. The first-order chi connectivity index (χ1) is 15.6. The molecule has 0 fully saturated rings. The number of ether oxygens (including phenoxy) is 1. The van der Waals surface area contributed by atoms with Crippen LogP contribution in [0.4, 0.5) is 10.5 Å². The first-order valence-corrected chi connectivity index (χ1v) is 10.7. The Kier molecular flexibility index (Phi) is 7.50. The molecule has 2 aromatic heterocycles. The quantitative estimate of drug-likeness (QED) is 0.502. The van der Waals surface area contributed by atoms with Gasteiger partial charge in [-0.05, 0) is 62.2 Å². The predicted octanol–water partition coefficient (Wildman–Crippen LogP) is 4.16. The highest BCUT2D eigenvalue weighted by Gasteiger charge is 2.25. The number of aromatic amines is 1. The molecule has 0 bridgehead atoms. The number of carbonyl (C=O) groups excluding carboxylic acids is 2. The normalized spacial score (nSPS) is 12.0. The Hall–Kier alpha value is -3.65. The van der Waals surface area contributed by atoms with Crippen LogP contribution in [0, 0.1) is 0 Å². The van der Waals surface area contributed by atoms with Crippen LogP contribution in [0.1, 0.15) is 26.3 Å². The van der Waals surface area contributed by atoms with Gasteiger partial charge in [-0.15, -0.1) is 0 Å². The molecule has 172 valence electrons. The van der Waals surface area contributed by atoms with Crippen LogP contribution in [0.25, 0.3) is 11.1 Å². The summed E-state index contributed by atoms with van der Waals surface area (Å²) >= 11 is 6.06. The number of H-pyrrole nitrogens is 1. The van der Waals surface area contributed by atoms with E-state index in [9.17, 15) is 14.4 Å². The van der Waals surface area contributed by atoms with Crippen LogP contribution in [0.3, 0.4) is 0 Å². The van der Waals surface area contributed by atoms with Gasteiger partial charge in [0.05, 0.1) is 0 Å². The number of halogens is 1. The zero-order valence-corrected chi connectivity index (χ0v) is 19.3. The summed E-state index contributed by atoms with van der Waals surface area (Å²) in [6.45, 7) is 5.17. The number of alkyl carbamates (subject to hydrolysis) is 1. The number of pyridine rings is 2. The second-order valence-corrected chi connectivity index (χ2v) is 8.83. The van der Waals surface area contributed by atoms with Gasteiger partial charge in [0.2, 0.25) is 5.91 Å². The van der Waals surface area contributed by atoms with Gasteiger partial charge < -0.3 is 20.4 Å². The molecule has 9 heteroatoms. The van der Waals surface area contributed by atoms with Gasteiger partial charge in [-0.1, -0.05) is 23.7 Å². The van der Waals surface area contributed by atoms with Crippen LogP contribution in [0.5, 0.6) is 0 Å². The highest BCUT2D eigenvalue weighted by Crippen LogP contribution is 2.19. The molecular weight excluding hydrogens is 444 g/mol. The second-order valence-electron chi connectivity index (χ2n) is 8.39. The van der Waals surface area contributed by atoms with Gasteiger partial charge >= 0.3 is 6.09 Å². The first kappa shape index (κ1) is 24.0. The van der Waals surface area contributed by atoms with Crippen molar-refractivity contribution in [1.29, 1.82) is 0 Å². The monoisotopic (exact) mass is 468 g/mol. The minimum Gasteiger partial charge on any atom is -0.444 e. The third-order valence-corrected chi connectivity index (χ3v) is 4.75. The largest absolute Gasteiger partial charge is 0.444 e. The SMILES string of the molecule is CC(C)(C)OC(=O)NC(Cc1cccc(Cl)c1)C(=O)Nc1cc(-c2ccncc2)c[nH]c1=O. The van der Waals surface area contributed by atoms with Gasteiger partial charge in [0.15, 0.2) is 0 Å². The van der Waals surface area contributed by atoms with E-state index in [1.165, 1.54) is 0 Å². The zero-order chi connectivity index (χ0) is 24.0. The molecule has 8 nitrogen and oxygen atoms in total. The molecule has 0 saturated heterocycles. The summed E-state index contributed by atoms with van der Waals surface area (Å²) in [6.07, 6.45) is 4.21. The van der Waals surface area contributed by atoms with Gasteiger partial charge in [-0.25, -0.2) is 4.79 Å². The van der Waals surface area contributed by atoms with Crippen molar-refractivity contribution in [2.75, 3.05) is 5.32 Å². The summed E-state index contributed by atoms with van der Waals surface area (Å²) < 4.78 is 5.30. The summed E-state index contributed by atoms with van der Waals surface area (Å²) in [5, 5.41) is 5.72. The highest BCUT2D eigenvalue weighted by atomic mass is 35.5. The lowest BCUT2D eigenvalue weighted by molar-refractivity contribution is -0.118. The van der Waals surface area contributed by atoms with Crippen LogP contribution < -0.4 is 16.2 Å². The van der Waals surface area contributed by atoms with Crippen molar-refractivity contribution in [2.45, 2.75) is 38.8 Å². The molecule has 0 saturated carbocycles. The molecule has 0 radical (unpaired) electrons. The van der Waals surface area contributed by atoms with Crippen molar-refractivity contribution < 1.29 is 14.3 Å². The minimum atomic E-state index is -1.01. The average molecular weight is 469 g/mol. The number of nitrogens with zero attached hydrogens (tertiary/aromatic N) is 1. The van der Waals surface area contributed by atoms with Gasteiger partial charge in [0.1, 0.15) is 17.3 Å². The lowest BCUT2D eigenvalue weighted by atomic mass is 10.0. The molecule has 1 atom stereocenters. The topological polar surface area (TPSA) is 113 Å². The number of hydrogen-bond donors (Lipinski definition) is 3. The van der Waals surface area contributed by atoms with Crippen molar-refractivity contribution >= 4 is 29.3 Å². The average Bonchev–Trinajstić information content (AvgIpc) is 2.74. The van der Waals surface area contributed by atoms with Crippen molar-refractivity contribution in [3.63, 3.8) is 0 Å². The van der Waals surface area contributed by atoms with Crippen molar-refractivity contribution in [3.8, 4) is 11.1 Å². The molecule has 0 aliphatic heterocycles. The van der Waals surface area contributed by atoms with Crippen LogP contribution in [-0.2, 0) is 16.0 Å². The van der Waals surface area contributed by atoms with E-state index < -0.39 is 29.2 Å². The number of aromatic nitrogens is 2. The Morgan fingerprint density at radius 2 is 1.85 bits per heavy atom. The van der Waals surface area contributed by atoms with Crippen LogP contribution >= 0.6 is 11.6 Å². The smallest absolute Gasteiger partial charge is 0.408 e. The van der Waals surface area contributed by atoms with Crippen molar-refractivity contribution in [2.24, 2.45) is 0 Å². The zero-order valence-electron chi connectivity index (χ0n) is 18.5. The van der Waals surface area contributed by atoms with Gasteiger partial charge in [-0.3, -0.25) is 14.6 Å². The van der Waals surface area contributed by atoms with E-state index in [2.05, 4.69) is 20.6 Å². The van der Waals surface area contributed by atoms with Crippen LogP contribution in [0.2, 0.25) is 5.02 Å². The fraction of sp³-hybridized carbons (Fsp3) is 0.250. The number of carbonyl (C=O) groups is 2. The lowest BCUT2D eigenvalue weighted by Gasteiger charge is -2.23. The van der Waals surface area contributed by atoms with E-state index in [0.717, 1.165) is 11.1 Å². The van der Waals surface area contributed by atoms with E-state index in [-0.39, 0.29) is 12.1 Å². The highest BCUT2D eigenvalue weighted by molar-refractivity contribution is 6.30. The molecule has 0 spiro atoms. The molecule has 1 unspecified atom stereocenters. The summed E-state index contributed by atoms with van der Waals surface area (Å²) in [6, 6.07) is 11.1. The van der Waals surface area contributed by atoms with E-state index in [1.807, 2.05) is 0 Å². The Morgan fingerprint density at radius 1 is 1.12 bits per heavy atom. The molecule has 3 N–H and O–H groups in total. The predicted molar refractivity (Wildman–Crippen MR) is 127 cm³/mol. The van der Waals surface area contributed by atoms with Crippen molar-refractivity contribution in [3.05, 3.63) is 82.0 Å². The molecule has 3 aromatic rings. The molecule has 0 aliphatic carbocycles. The van der Waals surface area contributed by atoms with Crippen molar-refractivity contribution in [1.82, 2.24) is 15.3 Å². The third-order valence-electron chi connectivity index (χ3n) is 4.51. The molecule has 0 aliphatic rings. The lowest BCUT2D eigenvalue weighted by Crippen LogP contribution is -2.47. The molecule has 3 rings (SSSR count). The molecular formula is C24H25ClN4O4.